The number of aliphatic hydroxyl groups excluding tert-OH is 1. The van der Waals surface area contributed by atoms with Gasteiger partial charge in [-0.1, -0.05) is 18.6 Å². The van der Waals surface area contributed by atoms with Crippen molar-refractivity contribution in [2.75, 3.05) is 6.54 Å². The molecule has 0 radical (unpaired) electrons. The third kappa shape index (κ3) is 4.35. The van der Waals surface area contributed by atoms with Crippen molar-refractivity contribution in [1.29, 1.82) is 0 Å². The predicted molar refractivity (Wildman–Crippen MR) is 96.2 cm³/mol. The molecule has 3 nitrogen and oxygen atoms in total. The van der Waals surface area contributed by atoms with E-state index in [9.17, 15) is 31.4 Å². The van der Waals surface area contributed by atoms with Crippen molar-refractivity contribution in [2.24, 2.45) is 0 Å². The molecule has 3 rings (SSSR count). The fourth-order valence-corrected chi connectivity index (χ4v) is 4.06. The Morgan fingerprint density at radius 2 is 1.76 bits per heavy atom. The summed E-state index contributed by atoms with van der Waals surface area (Å²) in [4.78, 5) is 5.27. The minimum atomic E-state index is -4.94. The van der Waals surface area contributed by atoms with E-state index >= 15 is 0 Å². The van der Waals surface area contributed by atoms with Crippen molar-refractivity contribution in [3.05, 3.63) is 41.1 Å². The van der Waals surface area contributed by atoms with Gasteiger partial charge in [0.15, 0.2) is 0 Å². The Morgan fingerprint density at radius 3 is 2.34 bits per heavy atom. The molecule has 1 saturated heterocycles. The summed E-state index contributed by atoms with van der Waals surface area (Å²) in [6.45, 7) is 4.50. The Labute approximate surface area is 164 Å². The van der Waals surface area contributed by atoms with Crippen LogP contribution in [-0.4, -0.2) is 33.6 Å². The molecule has 1 fully saturated rings. The molecule has 0 amide bonds. The SMILES string of the molecule is CC(C)N1CCCCC1[C@@H](O)c1cc(C(F)(F)F)nc2c(C(F)(F)F)cccc12. The first-order valence-corrected chi connectivity index (χ1v) is 9.43. The van der Waals surface area contributed by atoms with Crippen LogP contribution in [0.5, 0.6) is 0 Å². The minimum Gasteiger partial charge on any atom is -0.387 e. The number of hydrogen-bond acceptors (Lipinski definition) is 3. The van der Waals surface area contributed by atoms with E-state index in [1.54, 1.807) is 0 Å². The fraction of sp³-hybridized carbons (Fsp3) is 0.550. The number of halogens is 6. The molecule has 9 heteroatoms. The van der Waals surface area contributed by atoms with Gasteiger partial charge < -0.3 is 5.11 Å². The zero-order chi connectivity index (χ0) is 21.6. The van der Waals surface area contributed by atoms with Gasteiger partial charge in [0, 0.05) is 17.5 Å². The molecule has 160 valence electrons. The van der Waals surface area contributed by atoms with E-state index in [1.165, 1.54) is 6.07 Å². The molecule has 0 saturated carbocycles. The highest BCUT2D eigenvalue weighted by molar-refractivity contribution is 5.86. The van der Waals surface area contributed by atoms with Gasteiger partial charge in [-0.2, -0.15) is 26.3 Å². The molecule has 2 heterocycles. The highest BCUT2D eigenvalue weighted by atomic mass is 19.4. The Hall–Kier alpha value is -1.87. The van der Waals surface area contributed by atoms with E-state index < -0.39 is 41.3 Å². The Kier molecular flexibility index (Phi) is 5.84. The molecule has 1 aromatic carbocycles. The topological polar surface area (TPSA) is 36.4 Å². The fourth-order valence-electron chi connectivity index (χ4n) is 4.06. The second-order valence-electron chi connectivity index (χ2n) is 7.63. The molecule has 29 heavy (non-hydrogen) atoms. The summed E-state index contributed by atoms with van der Waals surface area (Å²) in [5.41, 5.74) is -3.66. The van der Waals surface area contributed by atoms with Crippen LogP contribution in [0.25, 0.3) is 10.9 Å². The summed E-state index contributed by atoms with van der Waals surface area (Å²) in [6, 6.07) is 3.34. The number of fused-ring (bicyclic) bond motifs is 1. The molecule has 2 atom stereocenters. The summed E-state index contributed by atoms with van der Waals surface area (Å²) in [5.74, 6) is 0. The van der Waals surface area contributed by atoms with Crippen LogP contribution < -0.4 is 0 Å². The first-order valence-electron chi connectivity index (χ1n) is 9.43. The van der Waals surface area contributed by atoms with Gasteiger partial charge in [0.25, 0.3) is 0 Å². The molecular formula is C20H22F6N2O. The number of pyridine rings is 1. The van der Waals surface area contributed by atoms with Crippen LogP contribution >= 0.6 is 0 Å². The third-order valence-electron chi connectivity index (χ3n) is 5.41. The summed E-state index contributed by atoms with van der Waals surface area (Å²) < 4.78 is 80.4. The summed E-state index contributed by atoms with van der Waals surface area (Å²) in [5, 5.41) is 10.9. The Morgan fingerprint density at radius 1 is 1.07 bits per heavy atom. The van der Waals surface area contributed by atoms with Crippen LogP contribution in [0.1, 0.15) is 56.0 Å². The lowest BCUT2D eigenvalue weighted by atomic mass is 9.89. The molecule has 2 aromatic rings. The van der Waals surface area contributed by atoms with E-state index in [-0.39, 0.29) is 17.0 Å². The number of hydrogen-bond donors (Lipinski definition) is 1. The number of rotatable bonds is 3. The maximum absolute atomic E-state index is 13.4. The lowest BCUT2D eigenvalue weighted by Gasteiger charge is -2.41. The number of aliphatic hydroxyl groups is 1. The average molecular weight is 420 g/mol. The van der Waals surface area contributed by atoms with E-state index in [0.29, 0.717) is 25.1 Å². The molecule has 0 spiro atoms. The molecule has 1 unspecified atom stereocenters. The van der Waals surface area contributed by atoms with E-state index in [4.69, 9.17) is 0 Å². The quantitative estimate of drug-likeness (QED) is 0.660. The molecule has 1 N–H and O–H groups in total. The molecule has 0 aliphatic carbocycles. The predicted octanol–water partition coefficient (Wildman–Crippen LogP) is 5.57. The zero-order valence-corrected chi connectivity index (χ0v) is 16.0. The Balaban J connectivity index is 2.23. The number of para-hydroxylation sites is 1. The lowest BCUT2D eigenvalue weighted by molar-refractivity contribution is -0.142. The van der Waals surface area contributed by atoms with Crippen molar-refractivity contribution in [2.45, 2.75) is 63.7 Å². The lowest BCUT2D eigenvalue weighted by Crippen LogP contribution is -2.47. The molecule has 1 aliphatic heterocycles. The molecule has 0 bridgehead atoms. The van der Waals surface area contributed by atoms with Gasteiger partial charge >= 0.3 is 12.4 Å². The standard InChI is InChI=1S/C20H22F6N2O/c1-11(2)28-9-4-3-8-15(28)18(29)13-10-16(20(24,25)26)27-17-12(13)6-5-7-14(17)19(21,22)23/h5-7,10-11,15,18,29H,3-4,8-9H2,1-2H3/t15?,18-/m0/s1. The third-order valence-corrected chi connectivity index (χ3v) is 5.41. The maximum atomic E-state index is 13.4. The van der Waals surface area contributed by atoms with Crippen molar-refractivity contribution >= 4 is 10.9 Å². The number of likely N-dealkylation sites (tertiary alicyclic amines) is 1. The number of benzene rings is 1. The summed E-state index contributed by atoms with van der Waals surface area (Å²) in [6.07, 6.45) is -8.95. The van der Waals surface area contributed by atoms with Gasteiger partial charge in [0.1, 0.15) is 5.69 Å². The van der Waals surface area contributed by atoms with Gasteiger partial charge in [-0.25, -0.2) is 4.98 Å². The van der Waals surface area contributed by atoms with Gasteiger partial charge in [0.2, 0.25) is 0 Å². The highest BCUT2D eigenvalue weighted by Crippen LogP contribution is 2.40. The highest BCUT2D eigenvalue weighted by Gasteiger charge is 2.39. The number of aromatic nitrogens is 1. The van der Waals surface area contributed by atoms with Gasteiger partial charge in [0.05, 0.1) is 17.2 Å². The van der Waals surface area contributed by atoms with E-state index in [2.05, 4.69) is 4.98 Å². The minimum absolute atomic E-state index is 0.0378. The summed E-state index contributed by atoms with van der Waals surface area (Å²) in [7, 11) is 0. The van der Waals surface area contributed by atoms with Crippen molar-refractivity contribution in [3.63, 3.8) is 0 Å². The van der Waals surface area contributed by atoms with Crippen LogP contribution in [-0.2, 0) is 12.4 Å². The van der Waals surface area contributed by atoms with Gasteiger partial charge in [-0.05, 0) is 50.9 Å². The van der Waals surface area contributed by atoms with Crippen LogP contribution in [0.3, 0.4) is 0 Å². The zero-order valence-electron chi connectivity index (χ0n) is 16.0. The van der Waals surface area contributed by atoms with Crippen LogP contribution in [0.4, 0.5) is 26.3 Å². The largest absolute Gasteiger partial charge is 0.433 e. The Bertz CT molecular complexity index is 878. The van der Waals surface area contributed by atoms with Crippen molar-refractivity contribution in [1.82, 2.24) is 9.88 Å². The molecule has 1 aliphatic rings. The van der Waals surface area contributed by atoms with Crippen molar-refractivity contribution < 1.29 is 31.4 Å². The monoisotopic (exact) mass is 420 g/mol. The second-order valence-corrected chi connectivity index (χ2v) is 7.63. The van der Waals surface area contributed by atoms with Gasteiger partial charge in [-0.15, -0.1) is 0 Å². The van der Waals surface area contributed by atoms with Gasteiger partial charge in [-0.3, -0.25) is 4.90 Å². The average Bonchev–Trinajstić information content (AvgIpc) is 2.64. The van der Waals surface area contributed by atoms with Crippen LogP contribution in [0.15, 0.2) is 24.3 Å². The second kappa shape index (κ2) is 7.75. The normalized spacial score (nSPS) is 20.4. The van der Waals surface area contributed by atoms with Crippen LogP contribution in [0.2, 0.25) is 0 Å². The number of alkyl halides is 6. The summed E-state index contributed by atoms with van der Waals surface area (Å²) >= 11 is 0. The first kappa shape index (κ1) is 21.8. The molecular weight excluding hydrogens is 398 g/mol. The van der Waals surface area contributed by atoms with Crippen LogP contribution in [0, 0.1) is 0 Å². The van der Waals surface area contributed by atoms with Crippen molar-refractivity contribution in [3.8, 4) is 0 Å². The first-order chi connectivity index (χ1) is 13.4. The maximum Gasteiger partial charge on any atom is 0.433 e. The number of nitrogens with zero attached hydrogens (tertiary/aromatic N) is 2. The smallest absolute Gasteiger partial charge is 0.387 e. The number of piperidine rings is 1. The molecule has 1 aromatic heterocycles. The van der Waals surface area contributed by atoms with E-state index in [1.807, 2.05) is 18.7 Å². The van der Waals surface area contributed by atoms with E-state index in [0.717, 1.165) is 18.9 Å².